The first-order chi connectivity index (χ1) is 12.5. The standard InChI is InChI=1S/C20H17ClN2O3/c1-22-11-15(13-5-3-4-6-17(13)22)14-10-19(24)23(20(14)25)12-7-8-18(26-2)16(21)9-12/h3-9,11,14H,10H2,1-2H3. The molecule has 26 heavy (non-hydrogen) atoms. The van der Waals surface area contributed by atoms with Gasteiger partial charge in [0.1, 0.15) is 5.75 Å². The van der Waals surface area contributed by atoms with Crippen LogP contribution in [0.15, 0.2) is 48.7 Å². The molecule has 3 aromatic rings. The van der Waals surface area contributed by atoms with E-state index < -0.39 is 5.92 Å². The van der Waals surface area contributed by atoms with Crippen LogP contribution in [0.2, 0.25) is 5.02 Å². The molecule has 2 amide bonds. The molecular weight excluding hydrogens is 352 g/mol. The van der Waals surface area contributed by atoms with Gasteiger partial charge < -0.3 is 9.30 Å². The highest BCUT2D eigenvalue weighted by Gasteiger charge is 2.41. The van der Waals surface area contributed by atoms with Crippen LogP contribution < -0.4 is 9.64 Å². The van der Waals surface area contributed by atoms with Gasteiger partial charge in [-0.3, -0.25) is 9.59 Å². The number of para-hydroxylation sites is 1. The van der Waals surface area contributed by atoms with E-state index in [1.165, 1.54) is 12.0 Å². The molecule has 0 bridgehead atoms. The van der Waals surface area contributed by atoms with Crippen LogP contribution in [0.5, 0.6) is 5.75 Å². The summed E-state index contributed by atoms with van der Waals surface area (Å²) in [7, 11) is 3.46. The number of hydrogen-bond acceptors (Lipinski definition) is 3. The second kappa shape index (κ2) is 6.18. The number of aryl methyl sites for hydroxylation is 1. The molecule has 0 radical (unpaired) electrons. The summed E-state index contributed by atoms with van der Waals surface area (Å²) in [5.74, 6) is -0.448. The Morgan fingerprint density at radius 2 is 1.92 bits per heavy atom. The number of imide groups is 1. The van der Waals surface area contributed by atoms with Gasteiger partial charge >= 0.3 is 0 Å². The van der Waals surface area contributed by atoms with Gasteiger partial charge in [-0.05, 0) is 29.8 Å². The van der Waals surface area contributed by atoms with Crippen LogP contribution in [0.4, 0.5) is 5.69 Å². The lowest BCUT2D eigenvalue weighted by molar-refractivity contribution is -0.121. The molecule has 0 N–H and O–H groups in total. The van der Waals surface area contributed by atoms with Gasteiger partial charge in [0.05, 0.1) is 23.7 Å². The molecule has 1 unspecified atom stereocenters. The fourth-order valence-electron chi connectivity index (χ4n) is 3.59. The third-order valence-electron chi connectivity index (χ3n) is 4.84. The van der Waals surface area contributed by atoms with Crippen LogP contribution in [0.3, 0.4) is 0 Å². The number of carbonyl (C=O) groups is 2. The fraction of sp³-hybridized carbons (Fsp3) is 0.200. The van der Waals surface area contributed by atoms with E-state index in [9.17, 15) is 9.59 Å². The third-order valence-corrected chi connectivity index (χ3v) is 5.14. The Morgan fingerprint density at radius 1 is 1.15 bits per heavy atom. The van der Waals surface area contributed by atoms with E-state index in [0.29, 0.717) is 16.5 Å². The maximum absolute atomic E-state index is 13.1. The van der Waals surface area contributed by atoms with E-state index in [2.05, 4.69) is 0 Å². The molecule has 5 nitrogen and oxygen atoms in total. The van der Waals surface area contributed by atoms with Crippen molar-refractivity contribution < 1.29 is 14.3 Å². The van der Waals surface area contributed by atoms with Crippen LogP contribution in [0, 0.1) is 0 Å². The molecule has 1 aliphatic rings. The third kappa shape index (κ3) is 2.47. The molecule has 6 heteroatoms. The second-order valence-corrected chi connectivity index (χ2v) is 6.76. The van der Waals surface area contributed by atoms with E-state index in [1.54, 1.807) is 18.2 Å². The summed E-state index contributed by atoms with van der Waals surface area (Å²) in [5.41, 5.74) is 2.38. The normalized spacial score (nSPS) is 17.3. The predicted molar refractivity (Wildman–Crippen MR) is 101 cm³/mol. The number of carbonyl (C=O) groups excluding carboxylic acids is 2. The summed E-state index contributed by atoms with van der Waals surface area (Å²) in [6.45, 7) is 0. The number of amides is 2. The average molecular weight is 369 g/mol. The number of aromatic nitrogens is 1. The van der Waals surface area contributed by atoms with Crippen molar-refractivity contribution in [2.24, 2.45) is 7.05 Å². The monoisotopic (exact) mass is 368 g/mol. The van der Waals surface area contributed by atoms with Gasteiger partial charge in [-0.2, -0.15) is 0 Å². The highest BCUT2D eigenvalue weighted by atomic mass is 35.5. The van der Waals surface area contributed by atoms with Crippen molar-refractivity contribution in [1.82, 2.24) is 4.57 Å². The van der Waals surface area contributed by atoms with Crippen molar-refractivity contribution >= 4 is 40.0 Å². The summed E-state index contributed by atoms with van der Waals surface area (Å²) >= 11 is 6.16. The molecule has 0 saturated carbocycles. The number of ether oxygens (including phenoxy) is 1. The molecular formula is C20H17ClN2O3. The van der Waals surface area contributed by atoms with Gasteiger partial charge in [0.2, 0.25) is 11.8 Å². The summed E-state index contributed by atoms with van der Waals surface area (Å²) in [5, 5.41) is 1.36. The number of halogens is 1. The summed E-state index contributed by atoms with van der Waals surface area (Å²) in [4.78, 5) is 26.9. The Hall–Kier alpha value is -2.79. The maximum atomic E-state index is 13.1. The highest BCUT2D eigenvalue weighted by Crippen LogP contribution is 2.38. The highest BCUT2D eigenvalue weighted by molar-refractivity contribution is 6.33. The van der Waals surface area contributed by atoms with Gasteiger partial charge in [0, 0.05) is 30.6 Å². The number of methoxy groups -OCH3 is 1. The first kappa shape index (κ1) is 16.7. The van der Waals surface area contributed by atoms with E-state index in [0.717, 1.165) is 16.5 Å². The van der Waals surface area contributed by atoms with Crippen LogP contribution in [-0.2, 0) is 16.6 Å². The zero-order valence-electron chi connectivity index (χ0n) is 14.4. The van der Waals surface area contributed by atoms with E-state index >= 15 is 0 Å². The Bertz CT molecular complexity index is 1040. The van der Waals surface area contributed by atoms with Crippen molar-refractivity contribution in [3.05, 3.63) is 59.2 Å². The Labute approximate surface area is 155 Å². The van der Waals surface area contributed by atoms with Gasteiger partial charge in [-0.1, -0.05) is 29.8 Å². The van der Waals surface area contributed by atoms with Gasteiger partial charge in [0.15, 0.2) is 0 Å². The molecule has 2 heterocycles. The lowest BCUT2D eigenvalue weighted by atomic mass is 9.97. The first-order valence-corrected chi connectivity index (χ1v) is 8.63. The van der Waals surface area contributed by atoms with E-state index in [-0.39, 0.29) is 18.2 Å². The second-order valence-electron chi connectivity index (χ2n) is 6.36. The largest absolute Gasteiger partial charge is 0.495 e. The summed E-state index contributed by atoms with van der Waals surface area (Å²) in [6, 6.07) is 12.8. The van der Waals surface area contributed by atoms with Crippen LogP contribution >= 0.6 is 11.6 Å². The molecule has 1 atom stereocenters. The lowest BCUT2D eigenvalue weighted by Crippen LogP contribution is -2.30. The molecule has 132 valence electrons. The Kier molecular flexibility index (Phi) is 3.96. The maximum Gasteiger partial charge on any atom is 0.241 e. The predicted octanol–water partition coefficient (Wildman–Crippen LogP) is 3.89. The number of fused-ring (bicyclic) bond motifs is 1. The van der Waals surface area contributed by atoms with E-state index in [1.807, 2.05) is 42.1 Å². The Balaban J connectivity index is 1.74. The van der Waals surface area contributed by atoms with Gasteiger partial charge in [-0.15, -0.1) is 0 Å². The van der Waals surface area contributed by atoms with Crippen molar-refractivity contribution in [1.29, 1.82) is 0 Å². The molecule has 4 rings (SSSR count). The fourth-order valence-corrected chi connectivity index (χ4v) is 3.84. The zero-order valence-corrected chi connectivity index (χ0v) is 15.2. The molecule has 1 fully saturated rings. The molecule has 0 spiro atoms. The number of hydrogen-bond donors (Lipinski definition) is 0. The number of rotatable bonds is 3. The topological polar surface area (TPSA) is 51.5 Å². The lowest BCUT2D eigenvalue weighted by Gasteiger charge is -2.16. The molecule has 2 aromatic carbocycles. The molecule has 0 aliphatic carbocycles. The molecule has 1 aliphatic heterocycles. The summed E-state index contributed by atoms with van der Waals surface area (Å²) < 4.78 is 7.12. The summed E-state index contributed by atoms with van der Waals surface area (Å²) in [6.07, 6.45) is 2.08. The minimum Gasteiger partial charge on any atom is -0.495 e. The van der Waals surface area contributed by atoms with Gasteiger partial charge in [0.25, 0.3) is 0 Å². The van der Waals surface area contributed by atoms with Crippen molar-refractivity contribution in [2.45, 2.75) is 12.3 Å². The average Bonchev–Trinajstić information content (AvgIpc) is 3.12. The van der Waals surface area contributed by atoms with Crippen molar-refractivity contribution in [2.75, 3.05) is 12.0 Å². The van der Waals surface area contributed by atoms with Crippen molar-refractivity contribution in [3.8, 4) is 5.75 Å². The number of anilines is 1. The molecule has 1 saturated heterocycles. The van der Waals surface area contributed by atoms with Crippen LogP contribution in [0.25, 0.3) is 10.9 Å². The van der Waals surface area contributed by atoms with E-state index in [4.69, 9.17) is 16.3 Å². The smallest absolute Gasteiger partial charge is 0.241 e. The molecule has 1 aromatic heterocycles. The minimum absolute atomic E-state index is 0.149. The SMILES string of the molecule is COc1ccc(N2C(=O)CC(c3cn(C)c4ccccc34)C2=O)cc1Cl. The van der Waals surface area contributed by atoms with Crippen LogP contribution in [-0.4, -0.2) is 23.5 Å². The minimum atomic E-state index is -0.491. The van der Waals surface area contributed by atoms with Gasteiger partial charge in [-0.25, -0.2) is 4.90 Å². The number of benzene rings is 2. The Morgan fingerprint density at radius 3 is 2.65 bits per heavy atom. The van der Waals surface area contributed by atoms with Crippen LogP contribution in [0.1, 0.15) is 17.9 Å². The zero-order chi connectivity index (χ0) is 18.4. The van der Waals surface area contributed by atoms with Crippen molar-refractivity contribution in [3.63, 3.8) is 0 Å². The quantitative estimate of drug-likeness (QED) is 0.659. The first-order valence-electron chi connectivity index (χ1n) is 8.25. The number of nitrogens with zero attached hydrogens (tertiary/aromatic N) is 2.